The van der Waals surface area contributed by atoms with E-state index in [-0.39, 0.29) is 12.1 Å². The number of carbonyl (C=O) groups is 1. The van der Waals surface area contributed by atoms with E-state index in [1.807, 2.05) is 0 Å². The van der Waals surface area contributed by atoms with E-state index < -0.39 is 17.8 Å². The van der Waals surface area contributed by atoms with Gasteiger partial charge in [-0.05, 0) is 29.8 Å². The van der Waals surface area contributed by atoms with Crippen molar-refractivity contribution in [1.29, 1.82) is 0 Å². The second-order valence-electron chi connectivity index (χ2n) is 4.47. The topological polar surface area (TPSA) is 41.1 Å². The van der Waals surface area contributed by atoms with Gasteiger partial charge in [0, 0.05) is 17.3 Å². The molecule has 0 aromatic heterocycles. The molecule has 0 spiro atoms. The van der Waals surface area contributed by atoms with Gasteiger partial charge in [-0.1, -0.05) is 35.9 Å². The predicted molar refractivity (Wildman–Crippen MR) is 78.8 cm³/mol. The molecule has 0 saturated carbocycles. The summed E-state index contributed by atoms with van der Waals surface area (Å²) in [7, 11) is 0. The summed E-state index contributed by atoms with van der Waals surface area (Å²) in [5.41, 5.74) is -0.316. The van der Waals surface area contributed by atoms with E-state index in [0.29, 0.717) is 10.7 Å². The predicted octanol–water partition coefficient (Wildman–Crippen LogP) is 4.68. The fourth-order valence-electron chi connectivity index (χ4n) is 1.87. The molecular formula is C15H12ClF3N2O. The Morgan fingerprint density at radius 1 is 1.09 bits per heavy atom. The van der Waals surface area contributed by atoms with Crippen molar-refractivity contribution in [1.82, 2.24) is 5.32 Å². The van der Waals surface area contributed by atoms with Crippen LogP contribution in [0.4, 0.5) is 23.7 Å². The average molecular weight is 329 g/mol. The number of carbonyl (C=O) groups excluding carboxylic acids is 1. The SMILES string of the molecule is O=C(NCc1ccccc1C(F)(F)F)Nc1cccc(Cl)c1. The van der Waals surface area contributed by atoms with Crippen molar-refractivity contribution in [3.05, 3.63) is 64.7 Å². The third-order valence-corrected chi connectivity index (χ3v) is 3.08. The third-order valence-electron chi connectivity index (χ3n) is 2.84. The summed E-state index contributed by atoms with van der Waals surface area (Å²) in [6, 6.07) is 10.9. The maximum atomic E-state index is 12.8. The van der Waals surface area contributed by atoms with Crippen molar-refractivity contribution >= 4 is 23.3 Å². The summed E-state index contributed by atoms with van der Waals surface area (Å²) in [6.07, 6.45) is -4.46. The van der Waals surface area contributed by atoms with Crippen LogP contribution in [-0.4, -0.2) is 6.03 Å². The molecule has 7 heteroatoms. The van der Waals surface area contributed by atoms with E-state index in [0.717, 1.165) is 6.07 Å². The van der Waals surface area contributed by atoms with E-state index in [1.54, 1.807) is 18.2 Å². The number of alkyl halides is 3. The van der Waals surface area contributed by atoms with E-state index in [1.165, 1.54) is 24.3 Å². The fourth-order valence-corrected chi connectivity index (χ4v) is 2.06. The quantitative estimate of drug-likeness (QED) is 0.844. The number of nitrogens with one attached hydrogen (secondary N) is 2. The van der Waals surface area contributed by atoms with Gasteiger partial charge in [0.25, 0.3) is 0 Å². The van der Waals surface area contributed by atoms with Gasteiger partial charge in [-0.2, -0.15) is 13.2 Å². The van der Waals surface area contributed by atoms with E-state index in [4.69, 9.17) is 11.6 Å². The number of urea groups is 1. The molecule has 116 valence electrons. The summed E-state index contributed by atoms with van der Waals surface area (Å²) in [4.78, 5) is 11.7. The Kier molecular flexibility index (Phi) is 4.92. The first kappa shape index (κ1) is 16.2. The Balaban J connectivity index is 2.00. The normalized spacial score (nSPS) is 11.1. The molecule has 0 saturated heterocycles. The zero-order valence-corrected chi connectivity index (χ0v) is 12.0. The zero-order chi connectivity index (χ0) is 16.2. The molecule has 0 unspecified atom stereocenters. The number of hydrogen-bond acceptors (Lipinski definition) is 1. The number of hydrogen-bond donors (Lipinski definition) is 2. The minimum atomic E-state index is -4.46. The number of benzene rings is 2. The van der Waals surface area contributed by atoms with E-state index >= 15 is 0 Å². The zero-order valence-electron chi connectivity index (χ0n) is 11.2. The molecule has 0 fully saturated rings. The van der Waals surface area contributed by atoms with Crippen LogP contribution in [0.25, 0.3) is 0 Å². The molecule has 22 heavy (non-hydrogen) atoms. The van der Waals surface area contributed by atoms with Gasteiger partial charge in [0.15, 0.2) is 0 Å². The lowest BCUT2D eigenvalue weighted by Crippen LogP contribution is -2.29. The number of anilines is 1. The standard InChI is InChI=1S/C15H12ClF3N2O/c16-11-5-3-6-12(8-11)21-14(22)20-9-10-4-1-2-7-13(10)15(17,18)19/h1-8H,9H2,(H2,20,21,22). The average Bonchev–Trinajstić information content (AvgIpc) is 2.44. The minimum Gasteiger partial charge on any atom is -0.334 e. The van der Waals surface area contributed by atoms with Crippen LogP contribution in [0.3, 0.4) is 0 Å². The fraction of sp³-hybridized carbons (Fsp3) is 0.133. The highest BCUT2D eigenvalue weighted by atomic mass is 35.5. The van der Waals surface area contributed by atoms with Gasteiger partial charge in [-0.3, -0.25) is 0 Å². The number of halogens is 4. The Morgan fingerprint density at radius 3 is 2.50 bits per heavy atom. The van der Waals surface area contributed by atoms with Crippen molar-refractivity contribution in [2.75, 3.05) is 5.32 Å². The van der Waals surface area contributed by atoms with Crippen LogP contribution in [0.1, 0.15) is 11.1 Å². The van der Waals surface area contributed by atoms with Gasteiger partial charge in [-0.25, -0.2) is 4.79 Å². The highest BCUT2D eigenvalue weighted by Gasteiger charge is 2.32. The lowest BCUT2D eigenvalue weighted by atomic mass is 10.1. The first-order chi connectivity index (χ1) is 10.4. The molecule has 2 rings (SSSR count). The van der Waals surface area contributed by atoms with Gasteiger partial charge < -0.3 is 10.6 Å². The molecule has 2 N–H and O–H groups in total. The van der Waals surface area contributed by atoms with Crippen molar-refractivity contribution in [3.63, 3.8) is 0 Å². The molecule has 0 atom stereocenters. The smallest absolute Gasteiger partial charge is 0.334 e. The summed E-state index contributed by atoms with van der Waals surface area (Å²) in [5, 5.41) is 5.33. The molecule has 2 aromatic rings. The van der Waals surface area contributed by atoms with Crippen LogP contribution < -0.4 is 10.6 Å². The highest BCUT2D eigenvalue weighted by Crippen LogP contribution is 2.31. The van der Waals surface area contributed by atoms with Crippen molar-refractivity contribution in [2.45, 2.75) is 12.7 Å². The Bertz CT molecular complexity index is 674. The van der Waals surface area contributed by atoms with Crippen LogP contribution >= 0.6 is 11.6 Å². The van der Waals surface area contributed by atoms with Gasteiger partial charge in [0.2, 0.25) is 0 Å². The molecular weight excluding hydrogens is 317 g/mol. The largest absolute Gasteiger partial charge is 0.416 e. The summed E-state index contributed by atoms with van der Waals surface area (Å²) in [6.45, 7) is -0.234. The molecule has 0 aliphatic heterocycles. The molecule has 3 nitrogen and oxygen atoms in total. The lowest BCUT2D eigenvalue weighted by Gasteiger charge is -2.13. The Morgan fingerprint density at radius 2 is 1.82 bits per heavy atom. The van der Waals surface area contributed by atoms with Crippen LogP contribution in [0.5, 0.6) is 0 Å². The van der Waals surface area contributed by atoms with E-state index in [9.17, 15) is 18.0 Å². The summed E-state index contributed by atoms with van der Waals surface area (Å²) < 4.78 is 38.5. The molecule has 0 bridgehead atoms. The molecule has 0 aliphatic rings. The maximum absolute atomic E-state index is 12.8. The molecule has 0 aliphatic carbocycles. The van der Waals surface area contributed by atoms with Gasteiger partial charge in [0.1, 0.15) is 0 Å². The van der Waals surface area contributed by atoms with Gasteiger partial charge in [-0.15, -0.1) is 0 Å². The highest BCUT2D eigenvalue weighted by molar-refractivity contribution is 6.30. The van der Waals surface area contributed by atoms with Gasteiger partial charge >= 0.3 is 12.2 Å². The number of rotatable bonds is 3. The van der Waals surface area contributed by atoms with Crippen LogP contribution in [0.2, 0.25) is 5.02 Å². The second-order valence-corrected chi connectivity index (χ2v) is 4.91. The van der Waals surface area contributed by atoms with Gasteiger partial charge in [0.05, 0.1) is 5.56 Å². The van der Waals surface area contributed by atoms with Crippen LogP contribution in [0.15, 0.2) is 48.5 Å². The van der Waals surface area contributed by atoms with Crippen molar-refractivity contribution in [2.24, 2.45) is 0 Å². The maximum Gasteiger partial charge on any atom is 0.416 e. The Labute approximate surface area is 130 Å². The first-order valence-corrected chi connectivity index (χ1v) is 6.69. The van der Waals surface area contributed by atoms with Crippen molar-refractivity contribution < 1.29 is 18.0 Å². The second kappa shape index (κ2) is 6.70. The van der Waals surface area contributed by atoms with Crippen LogP contribution in [0, 0.1) is 0 Å². The van der Waals surface area contributed by atoms with Crippen LogP contribution in [-0.2, 0) is 12.7 Å². The van der Waals surface area contributed by atoms with E-state index in [2.05, 4.69) is 10.6 Å². The lowest BCUT2D eigenvalue weighted by molar-refractivity contribution is -0.138. The summed E-state index contributed by atoms with van der Waals surface area (Å²) >= 11 is 5.78. The molecule has 2 amide bonds. The van der Waals surface area contributed by atoms with Crippen molar-refractivity contribution in [3.8, 4) is 0 Å². The monoisotopic (exact) mass is 328 g/mol. The Hall–Kier alpha value is -2.21. The minimum absolute atomic E-state index is 0.00348. The summed E-state index contributed by atoms with van der Waals surface area (Å²) in [5.74, 6) is 0. The number of amides is 2. The third kappa shape index (κ3) is 4.39. The molecule has 2 aromatic carbocycles. The first-order valence-electron chi connectivity index (χ1n) is 6.32. The molecule has 0 heterocycles. The molecule has 0 radical (unpaired) electrons.